The van der Waals surface area contributed by atoms with Crippen LogP contribution in [0.2, 0.25) is 0 Å². The molecule has 0 aliphatic heterocycles. The fourth-order valence-electron chi connectivity index (χ4n) is 2.69. The van der Waals surface area contributed by atoms with Crippen LogP contribution in [0.5, 0.6) is 5.75 Å². The summed E-state index contributed by atoms with van der Waals surface area (Å²) in [7, 11) is 0. The number of hydrogen-bond donors (Lipinski definition) is 2. The van der Waals surface area contributed by atoms with Crippen molar-refractivity contribution >= 4 is 5.69 Å². The summed E-state index contributed by atoms with van der Waals surface area (Å²) in [6.45, 7) is 2.80. The Hall–Kier alpha value is -1.97. The first-order valence-corrected chi connectivity index (χ1v) is 7.31. The summed E-state index contributed by atoms with van der Waals surface area (Å²) in [6.07, 6.45) is 8.95. The Kier molecular flexibility index (Phi) is 3.90. The van der Waals surface area contributed by atoms with Gasteiger partial charge in [0.2, 0.25) is 0 Å². The zero-order chi connectivity index (χ0) is 13.8. The van der Waals surface area contributed by atoms with Crippen LogP contribution in [0.25, 0.3) is 0 Å². The first-order chi connectivity index (χ1) is 9.83. The van der Waals surface area contributed by atoms with Gasteiger partial charge in [-0.15, -0.1) is 0 Å². The average molecular weight is 271 g/mol. The molecule has 0 atom stereocenters. The molecule has 1 aliphatic rings. The van der Waals surface area contributed by atoms with E-state index in [4.69, 9.17) is 4.74 Å². The molecule has 4 nitrogen and oxygen atoms in total. The van der Waals surface area contributed by atoms with Crippen molar-refractivity contribution < 1.29 is 4.74 Å². The summed E-state index contributed by atoms with van der Waals surface area (Å²) >= 11 is 0. The SMILES string of the molecule is Cc1c(NCc2ncc[nH]2)cccc1OC1CCCC1. The zero-order valence-corrected chi connectivity index (χ0v) is 11.9. The second kappa shape index (κ2) is 5.99. The van der Waals surface area contributed by atoms with Crippen molar-refractivity contribution in [3.05, 3.63) is 42.0 Å². The fraction of sp³-hybridized carbons (Fsp3) is 0.438. The number of nitrogens with zero attached hydrogens (tertiary/aromatic N) is 1. The first kappa shape index (κ1) is 13.0. The Morgan fingerprint density at radius 3 is 2.95 bits per heavy atom. The maximum absolute atomic E-state index is 6.12. The van der Waals surface area contributed by atoms with Crippen LogP contribution in [0.1, 0.15) is 37.1 Å². The van der Waals surface area contributed by atoms with Crippen LogP contribution in [-0.2, 0) is 6.54 Å². The van der Waals surface area contributed by atoms with Gasteiger partial charge in [-0.05, 0) is 44.7 Å². The topological polar surface area (TPSA) is 49.9 Å². The normalized spacial score (nSPS) is 15.4. The molecule has 106 valence electrons. The van der Waals surface area contributed by atoms with Crippen molar-refractivity contribution in [2.24, 2.45) is 0 Å². The van der Waals surface area contributed by atoms with E-state index in [9.17, 15) is 0 Å². The summed E-state index contributed by atoms with van der Waals surface area (Å²) in [5, 5.41) is 3.41. The first-order valence-electron chi connectivity index (χ1n) is 7.31. The van der Waals surface area contributed by atoms with Crippen LogP contribution < -0.4 is 10.1 Å². The quantitative estimate of drug-likeness (QED) is 0.872. The van der Waals surface area contributed by atoms with Gasteiger partial charge in [0.15, 0.2) is 0 Å². The number of aromatic amines is 1. The van der Waals surface area contributed by atoms with Gasteiger partial charge in [0, 0.05) is 23.6 Å². The molecule has 4 heteroatoms. The number of rotatable bonds is 5. The smallest absolute Gasteiger partial charge is 0.125 e. The second-order valence-electron chi connectivity index (χ2n) is 5.34. The molecule has 1 fully saturated rings. The van der Waals surface area contributed by atoms with E-state index in [0.717, 1.165) is 17.3 Å². The lowest BCUT2D eigenvalue weighted by Gasteiger charge is -2.17. The van der Waals surface area contributed by atoms with Crippen LogP contribution in [-0.4, -0.2) is 16.1 Å². The largest absolute Gasteiger partial charge is 0.490 e. The lowest BCUT2D eigenvalue weighted by molar-refractivity contribution is 0.209. The maximum Gasteiger partial charge on any atom is 0.125 e. The minimum Gasteiger partial charge on any atom is -0.490 e. The number of aromatic nitrogens is 2. The number of anilines is 1. The number of benzene rings is 1. The summed E-state index contributed by atoms with van der Waals surface area (Å²) in [5.41, 5.74) is 2.28. The van der Waals surface area contributed by atoms with E-state index in [1.807, 2.05) is 12.3 Å². The molecule has 0 bridgehead atoms. The van der Waals surface area contributed by atoms with Crippen molar-refractivity contribution in [3.63, 3.8) is 0 Å². The molecule has 20 heavy (non-hydrogen) atoms. The Morgan fingerprint density at radius 2 is 2.20 bits per heavy atom. The van der Waals surface area contributed by atoms with E-state index in [0.29, 0.717) is 12.6 Å². The monoisotopic (exact) mass is 271 g/mol. The van der Waals surface area contributed by atoms with E-state index in [1.54, 1.807) is 6.20 Å². The molecular formula is C16H21N3O. The molecule has 2 N–H and O–H groups in total. The van der Waals surface area contributed by atoms with E-state index < -0.39 is 0 Å². The van der Waals surface area contributed by atoms with Crippen molar-refractivity contribution in [2.75, 3.05) is 5.32 Å². The van der Waals surface area contributed by atoms with E-state index in [2.05, 4.69) is 34.3 Å². The van der Waals surface area contributed by atoms with Crippen LogP contribution in [0.3, 0.4) is 0 Å². The van der Waals surface area contributed by atoms with Gasteiger partial charge < -0.3 is 15.0 Å². The molecule has 0 spiro atoms. The molecular weight excluding hydrogens is 250 g/mol. The molecule has 0 amide bonds. The predicted octanol–water partition coefficient (Wildman–Crippen LogP) is 3.65. The molecule has 3 rings (SSSR count). The van der Waals surface area contributed by atoms with Gasteiger partial charge in [-0.1, -0.05) is 6.07 Å². The highest BCUT2D eigenvalue weighted by atomic mass is 16.5. The molecule has 1 aromatic heterocycles. The minimum absolute atomic E-state index is 0.397. The van der Waals surface area contributed by atoms with Crippen molar-refractivity contribution in [1.82, 2.24) is 9.97 Å². The van der Waals surface area contributed by atoms with Crippen LogP contribution in [0.4, 0.5) is 5.69 Å². The zero-order valence-electron chi connectivity index (χ0n) is 11.9. The van der Waals surface area contributed by atoms with Crippen LogP contribution >= 0.6 is 0 Å². The number of H-pyrrole nitrogens is 1. The highest BCUT2D eigenvalue weighted by molar-refractivity contribution is 5.56. The molecule has 0 saturated heterocycles. The number of ether oxygens (including phenoxy) is 1. The number of nitrogens with one attached hydrogen (secondary N) is 2. The van der Waals surface area contributed by atoms with E-state index in [1.165, 1.54) is 31.2 Å². The number of imidazole rings is 1. The van der Waals surface area contributed by atoms with Gasteiger partial charge in [-0.2, -0.15) is 0 Å². The summed E-state index contributed by atoms with van der Waals surface area (Å²) in [5.74, 6) is 1.94. The molecule has 2 aromatic rings. The van der Waals surface area contributed by atoms with Crippen LogP contribution in [0, 0.1) is 6.92 Å². The summed E-state index contributed by atoms with van der Waals surface area (Å²) in [6, 6.07) is 6.19. The van der Waals surface area contributed by atoms with E-state index >= 15 is 0 Å². The third-order valence-corrected chi connectivity index (χ3v) is 3.88. The predicted molar refractivity (Wildman–Crippen MR) is 80.0 cm³/mol. The molecule has 1 aliphatic carbocycles. The summed E-state index contributed by atoms with van der Waals surface area (Å²) in [4.78, 5) is 7.31. The average Bonchev–Trinajstić information content (AvgIpc) is 3.13. The van der Waals surface area contributed by atoms with Gasteiger partial charge in [0.1, 0.15) is 11.6 Å². The van der Waals surface area contributed by atoms with Crippen molar-refractivity contribution in [3.8, 4) is 5.75 Å². The Bertz CT molecular complexity index is 545. The van der Waals surface area contributed by atoms with Gasteiger partial charge in [0.25, 0.3) is 0 Å². The Balaban J connectivity index is 1.68. The van der Waals surface area contributed by atoms with Gasteiger partial charge in [0.05, 0.1) is 12.6 Å². The van der Waals surface area contributed by atoms with Crippen molar-refractivity contribution in [2.45, 2.75) is 45.3 Å². The lowest BCUT2D eigenvalue weighted by Crippen LogP contribution is -2.12. The number of hydrogen-bond acceptors (Lipinski definition) is 3. The molecule has 0 radical (unpaired) electrons. The highest BCUT2D eigenvalue weighted by Gasteiger charge is 2.17. The molecule has 1 heterocycles. The lowest BCUT2D eigenvalue weighted by atomic mass is 10.1. The minimum atomic E-state index is 0.397. The van der Waals surface area contributed by atoms with Gasteiger partial charge in [-0.3, -0.25) is 0 Å². The molecule has 1 saturated carbocycles. The standard InChI is InChI=1S/C16H21N3O/c1-12-14(19-11-16-17-9-10-18-16)7-4-8-15(12)20-13-5-2-3-6-13/h4,7-10,13,19H,2-3,5-6,11H2,1H3,(H,17,18). The fourth-order valence-corrected chi connectivity index (χ4v) is 2.69. The van der Waals surface area contributed by atoms with Crippen molar-refractivity contribution in [1.29, 1.82) is 0 Å². The molecule has 0 unspecified atom stereocenters. The Labute approximate surface area is 119 Å². The second-order valence-corrected chi connectivity index (χ2v) is 5.34. The van der Waals surface area contributed by atoms with Gasteiger partial charge in [-0.25, -0.2) is 4.98 Å². The third-order valence-electron chi connectivity index (χ3n) is 3.88. The highest BCUT2D eigenvalue weighted by Crippen LogP contribution is 2.30. The molecule has 1 aromatic carbocycles. The summed E-state index contributed by atoms with van der Waals surface area (Å²) < 4.78 is 6.12. The Morgan fingerprint density at radius 1 is 1.35 bits per heavy atom. The van der Waals surface area contributed by atoms with E-state index in [-0.39, 0.29) is 0 Å². The van der Waals surface area contributed by atoms with Gasteiger partial charge >= 0.3 is 0 Å². The van der Waals surface area contributed by atoms with Crippen LogP contribution in [0.15, 0.2) is 30.6 Å². The third kappa shape index (κ3) is 2.95. The maximum atomic E-state index is 6.12.